The average Bonchev–Trinajstić information content (AvgIpc) is 2.39. The molecule has 0 aliphatic heterocycles. The lowest BCUT2D eigenvalue weighted by Gasteiger charge is -2.16. The summed E-state index contributed by atoms with van der Waals surface area (Å²) in [4.78, 5) is 4.30. The van der Waals surface area contributed by atoms with Crippen molar-refractivity contribution in [3.63, 3.8) is 0 Å². The minimum atomic E-state index is 0.0601. The maximum atomic E-state index is 6.12. The Bertz CT molecular complexity index is 331. The van der Waals surface area contributed by atoms with Crippen LogP contribution in [-0.4, -0.2) is 4.98 Å². The van der Waals surface area contributed by atoms with E-state index in [4.69, 9.17) is 17.4 Å². The molecule has 1 aromatic heterocycles. The maximum Gasteiger partial charge on any atom is 0.0772 e. The SMILES string of the molecule is CCCCCCCCC(NN)c1ncccc1Cl. The van der Waals surface area contributed by atoms with E-state index in [-0.39, 0.29) is 6.04 Å². The van der Waals surface area contributed by atoms with E-state index in [1.807, 2.05) is 12.1 Å². The molecule has 0 amide bonds. The summed E-state index contributed by atoms with van der Waals surface area (Å²) < 4.78 is 0. The highest BCUT2D eigenvalue weighted by molar-refractivity contribution is 6.31. The summed E-state index contributed by atoms with van der Waals surface area (Å²) in [6, 6.07) is 3.75. The van der Waals surface area contributed by atoms with E-state index in [0.29, 0.717) is 5.02 Å². The van der Waals surface area contributed by atoms with Crippen LogP contribution in [0.5, 0.6) is 0 Å². The van der Waals surface area contributed by atoms with E-state index in [9.17, 15) is 0 Å². The second-order valence-electron chi connectivity index (χ2n) is 4.65. The molecule has 18 heavy (non-hydrogen) atoms. The van der Waals surface area contributed by atoms with Crippen LogP contribution in [0.1, 0.15) is 63.6 Å². The number of nitrogens with one attached hydrogen (secondary N) is 1. The standard InChI is InChI=1S/C14H24ClN3/c1-2-3-4-5-6-7-10-13(18-16)14-12(15)9-8-11-17-14/h8-9,11,13,18H,2-7,10,16H2,1H3. The summed E-state index contributed by atoms with van der Waals surface area (Å²) in [5.41, 5.74) is 3.67. The Morgan fingerprint density at radius 1 is 1.28 bits per heavy atom. The van der Waals surface area contributed by atoms with Crippen molar-refractivity contribution in [2.24, 2.45) is 5.84 Å². The van der Waals surface area contributed by atoms with E-state index in [1.165, 1.54) is 32.1 Å². The minimum absolute atomic E-state index is 0.0601. The number of nitrogens with zero attached hydrogens (tertiary/aromatic N) is 1. The minimum Gasteiger partial charge on any atom is -0.271 e. The Kier molecular flexibility index (Phi) is 7.98. The molecule has 0 saturated heterocycles. The molecule has 4 heteroatoms. The molecule has 0 radical (unpaired) electrons. The predicted molar refractivity (Wildman–Crippen MR) is 77.3 cm³/mol. The van der Waals surface area contributed by atoms with Gasteiger partial charge in [-0.3, -0.25) is 16.3 Å². The third-order valence-electron chi connectivity index (χ3n) is 3.16. The van der Waals surface area contributed by atoms with Gasteiger partial charge < -0.3 is 0 Å². The largest absolute Gasteiger partial charge is 0.271 e. The van der Waals surface area contributed by atoms with Gasteiger partial charge in [0.05, 0.1) is 16.8 Å². The summed E-state index contributed by atoms with van der Waals surface area (Å²) in [7, 11) is 0. The first kappa shape index (κ1) is 15.4. The Morgan fingerprint density at radius 3 is 2.67 bits per heavy atom. The molecule has 1 unspecified atom stereocenters. The highest BCUT2D eigenvalue weighted by Gasteiger charge is 2.13. The molecular formula is C14H24ClN3. The smallest absolute Gasteiger partial charge is 0.0772 e. The van der Waals surface area contributed by atoms with Gasteiger partial charge in [0.25, 0.3) is 0 Å². The number of rotatable bonds is 9. The van der Waals surface area contributed by atoms with Crippen LogP contribution < -0.4 is 11.3 Å². The Labute approximate surface area is 115 Å². The van der Waals surface area contributed by atoms with Crippen molar-refractivity contribution in [3.8, 4) is 0 Å². The van der Waals surface area contributed by atoms with Gasteiger partial charge in [-0.1, -0.05) is 57.0 Å². The number of halogens is 1. The van der Waals surface area contributed by atoms with Crippen molar-refractivity contribution < 1.29 is 0 Å². The molecule has 0 saturated carbocycles. The number of hydrogen-bond donors (Lipinski definition) is 2. The Morgan fingerprint density at radius 2 is 2.00 bits per heavy atom. The van der Waals surface area contributed by atoms with Gasteiger partial charge in [-0.15, -0.1) is 0 Å². The van der Waals surface area contributed by atoms with Crippen molar-refractivity contribution in [1.29, 1.82) is 0 Å². The molecule has 0 fully saturated rings. The summed E-state index contributed by atoms with van der Waals surface area (Å²) >= 11 is 6.12. The summed E-state index contributed by atoms with van der Waals surface area (Å²) in [6.45, 7) is 2.23. The van der Waals surface area contributed by atoms with Crippen molar-refractivity contribution >= 4 is 11.6 Å². The molecular weight excluding hydrogens is 246 g/mol. The van der Waals surface area contributed by atoms with E-state index in [2.05, 4.69) is 17.3 Å². The molecule has 102 valence electrons. The molecule has 0 bridgehead atoms. The Hall–Kier alpha value is -0.640. The zero-order chi connectivity index (χ0) is 13.2. The van der Waals surface area contributed by atoms with Gasteiger partial charge >= 0.3 is 0 Å². The van der Waals surface area contributed by atoms with E-state index < -0.39 is 0 Å². The molecule has 0 spiro atoms. The summed E-state index contributed by atoms with van der Waals surface area (Å²) in [6.07, 6.45) is 10.4. The van der Waals surface area contributed by atoms with Gasteiger partial charge in [0, 0.05) is 6.20 Å². The van der Waals surface area contributed by atoms with Crippen LogP contribution in [0.25, 0.3) is 0 Å². The van der Waals surface area contributed by atoms with Crippen LogP contribution in [0.3, 0.4) is 0 Å². The van der Waals surface area contributed by atoms with Gasteiger partial charge in [0.1, 0.15) is 0 Å². The molecule has 1 heterocycles. The van der Waals surface area contributed by atoms with Crippen molar-refractivity contribution in [2.45, 2.75) is 57.9 Å². The maximum absolute atomic E-state index is 6.12. The highest BCUT2D eigenvalue weighted by Crippen LogP contribution is 2.24. The summed E-state index contributed by atoms with van der Waals surface area (Å²) in [5.74, 6) is 5.59. The van der Waals surface area contributed by atoms with Gasteiger partial charge in [0.2, 0.25) is 0 Å². The number of nitrogens with two attached hydrogens (primary N) is 1. The van der Waals surface area contributed by atoms with Crippen LogP contribution in [0, 0.1) is 0 Å². The number of unbranched alkanes of at least 4 members (excludes halogenated alkanes) is 5. The number of pyridine rings is 1. The quantitative estimate of drug-likeness (QED) is 0.405. The van der Waals surface area contributed by atoms with Crippen molar-refractivity contribution in [1.82, 2.24) is 10.4 Å². The fourth-order valence-corrected chi connectivity index (χ4v) is 2.34. The van der Waals surface area contributed by atoms with E-state index in [0.717, 1.165) is 18.5 Å². The fraction of sp³-hybridized carbons (Fsp3) is 0.643. The molecule has 3 nitrogen and oxygen atoms in total. The molecule has 3 N–H and O–H groups in total. The average molecular weight is 270 g/mol. The number of aromatic nitrogens is 1. The molecule has 1 aromatic rings. The first-order valence-corrected chi connectivity index (χ1v) is 7.24. The third kappa shape index (κ3) is 5.34. The van der Waals surface area contributed by atoms with Crippen LogP contribution in [0.4, 0.5) is 0 Å². The molecule has 1 atom stereocenters. The summed E-state index contributed by atoms with van der Waals surface area (Å²) in [5, 5.41) is 0.687. The highest BCUT2D eigenvalue weighted by atomic mass is 35.5. The molecule has 0 aromatic carbocycles. The number of hydrazine groups is 1. The van der Waals surface area contributed by atoms with Crippen molar-refractivity contribution in [2.75, 3.05) is 0 Å². The predicted octanol–water partition coefficient (Wildman–Crippen LogP) is 3.99. The van der Waals surface area contributed by atoms with E-state index in [1.54, 1.807) is 6.20 Å². The number of hydrogen-bond acceptors (Lipinski definition) is 3. The van der Waals surface area contributed by atoms with Gasteiger partial charge in [0.15, 0.2) is 0 Å². The topological polar surface area (TPSA) is 50.9 Å². The van der Waals surface area contributed by atoms with Crippen molar-refractivity contribution in [3.05, 3.63) is 29.0 Å². The normalized spacial score (nSPS) is 12.6. The van der Waals surface area contributed by atoms with Gasteiger partial charge in [-0.2, -0.15) is 0 Å². The third-order valence-corrected chi connectivity index (χ3v) is 3.48. The molecule has 0 aliphatic carbocycles. The Balaban J connectivity index is 2.32. The molecule has 0 aliphatic rings. The second kappa shape index (κ2) is 9.31. The van der Waals surface area contributed by atoms with Crippen LogP contribution in [0.2, 0.25) is 5.02 Å². The van der Waals surface area contributed by atoms with Crippen LogP contribution in [-0.2, 0) is 0 Å². The first-order valence-electron chi connectivity index (χ1n) is 6.86. The zero-order valence-electron chi connectivity index (χ0n) is 11.2. The van der Waals surface area contributed by atoms with Gasteiger partial charge in [-0.05, 0) is 18.6 Å². The lowest BCUT2D eigenvalue weighted by Crippen LogP contribution is -2.28. The van der Waals surface area contributed by atoms with Gasteiger partial charge in [-0.25, -0.2) is 0 Å². The van der Waals surface area contributed by atoms with Crippen LogP contribution in [0.15, 0.2) is 18.3 Å². The second-order valence-corrected chi connectivity index (χ2v) is 5.05. The fourth-order valence-electron chi connectivity index (χ4n) is 2.08. The first-order chi connectivity index (χ1) is 8.79. The zero-order valence-corrected chi connectivity index (χ0v) is 11.9. The van der Waals surface area contributed by atoms with E-state index >= 15 is 0 Å². The monoisotopic (exact) mass is 269 g/mol. The molecule has 1 rings (SSSR count). The lowest BCUT2D eigenvalue weighted by atomic mass is 10.0. The lowest BCUT2D eigenvalue weighted by molar-refractivity contribution is 0.468. The van der Waals surface area contributed by atoms with Crippen LogP contribution >= 0.6 is 11.6 Å².